The van der Waals surface area contributed by atoms with Crippen molar-refractivity contribution in [2.24, 2.45) is 16.6 Å². The summed E-state index contributed by atoms with van der Waals surface area (Å²) in [5.74, 6) is 0.0803. The summed E-state index contributed by atoms with van der Waals surface area (Å²) in [5, 5.41) is 2.90. The summed E-state index contributed by atoms with van der Waals surface area (Å²) in [5.41, 5.74) is 5.49. The second kappa shape index (κ2) is 7.10. The first-order valence-electron chi connectivity index (χ1n) is 6.65. The normalized spacial score (nSPS) is 12.9. The van der Waals surface area contributed by atoms with E-state index in [-0.39, 0.29) is 22.8 Å². The Balaban J connectivity index is 4.04. The van der Waals surface area contributed by atoms with Crippen LogP contribution in [-0.4, -0.2) is 31.7 Å². The topological polar surface area (TPSA) is 64.3 Å². The van der Waals surface area contributed by atoms with Crippen LogP contribution in [0.25, 0.3) is 0 Å². The summed E-state index contributed by atoms with van der Waals surface area (Å²) in [6.45, 7) is 14.0. The van der Waals surface area contributed by atoms with Gasteiger partial charge in [-0.05, 0) is 25.8 Å². The van der Waals surface area contributed by atoms with Gasteiger partial charge in [0.2, 0.25) is 5.91 Å². The lowest BCUT2D eigenvalue weighted by Crippen LogP contribution is -2.36. The number of ether oxygens (including phenoxy) is 1. The first kappa shape index (κ1) is 17.4. The van der Waals surface area contributed by atoms with Crippen LogP contribution in [0.15, 0.2) is 0 Å². The largest absolute Gasteiger partial charge is 0.380 e. The van der Waals surface area contributed by atoms with Gasteiger partial charge in [0.25, 0.3) is 0 Å². The molecule has 0 radical (unpaired) electrons. The fourth-order valence-corrected chi connectivity index (χ4v) is 1.52. The zero-order chi connectivity index (χ0) is 14.4. The molecule has 0 atom stereocenters. The van der Waals surface area contributed by atoms with Crippen molar-refractivity contribution in [2.75, 3.05) is 19.8 Å². The van der Waals surface area contributed by atoms with E-state index in [0.29, 0.717) is 26.2 Å². The van der Waals surface area contributed by atoms with Crippen LogP contribution in [0, 0.1) is 10.8 Å². The van der Waals surface area contributed by atoms with Crippen LogP contribution in [0.1, 0.15) is 48.0 Å². The van der Waals surface area contributed by atoms with E-state index in [2.05, 4.69) is 19.2 Å². The van der Waals surface area contributed by atoms with Gasteiger partial charge < -0.3 is 15.8 Å². The summed E-state index contributed by atoms with van der Waals surface area (Å²) in [6, 6.07) is 0.186. The molecule has 108 valence electrons. The molecule has 0 aliphatic rings. The van der Waals surface area contributed by atoms with Gasteiger partial charge in [0.05, 0.1) is 13.2 Å². The minimum absolute atomic E-state index is 0.00370. The molecule has 3 N–H and O–H groups in total. The number of carbonyl (C=O) groups is 1. The van der Waals surface area contributed by atoms with E-state index in [1.807, 2.05) is 27.7 Å². The number of hydrogen-bond donors (Lipinski definition) is 2. The quantitative estimate of drug-likeness (QED) is 0.699. The molecular formula is C14H30N2O2. The average Bonchev–Trinajstić information content (AvgIpc) is 2.14. The molecule has 0 unspecified atom stereocenters. The Hall–Kier alpha value is -0.610. The third-order valence-corrected chi connectivity index (χ3v) is 2.63. The molecule has 0 saturated heterocycles. The van der Waals surface area contributed by atoms with E-state index in [0.717, 1.165) is 0 Å². The highest BCUT2D eigenvalue weighted by Gasteiger charge is 2.24. The van der Waals surface area contributed by atoms with Crippen LogP contribution in [0.3, 0.4) is 0 Å². The van der Waals surface area contributed by atoms with E-state index in [9.17, 15) is 4.79 Å². The van der Waals surface area contributed by atoms with E-state index in [1.54, 1.807) is 0 Å². The van der Waals surface area contributed by atoms with E-state index in [1.165, 1.54) is 0 Å². The molecule has 0 aromatic carbocycles. The minimum atomic E-state index is -0.149. The monoisotopic (exact) mass is 258 g/mol. The SMILES string of the molecule is CC(C)NC(=O)CC(C)(C)COCC(C)(C)CN. The molecular weight excluding hydrogens is 228 g/mol. The molecule has 0 bridgehead atoms. The Morgan fingerprint density at radius 3 is 2.11 bits per heavy atom. The summed E-state index contributed by atoms with van der Waals surface area (Å²) in [6.07, 6.45) is 0.480. The summed E-state index contributed by atoms with van der Waals surface area (Å²) in [7, 11) is 0. The van der Waals surface area contributed by atoms with Crippen molar-refractivity contribution in [3.8, 4) is 0 Å². The lowest BCUT2D eigenvalue weighted by atomic mass is 9.89. The van der Waals surface area contributed by atoms with Gasteiger partial charge in [-0.1, -0.05) is 27.7 Å². The molecule has 0 fully saturated rings. The Bertz CT molecular complexity index is 261. The van der Waals surface area contributed by atoms with Gasteiger partial charge in [-0.2, -0.15) is 0 Å². The standard InChI is InChI=1S/C14H30N2O2/c1-11(2)16-12(17)7-13(3,4)9-18-10-14(5,6)8-15/h11H,7-10,15H2,1-6H3,(H,16,17). The molecule has 0 aromatic rings. The van der Waals surface area contributed by atoms with Crippen LogP contribution in [0.5, 0.6) is 0 Å². The van der Waals surface area contributed by atoms with Crippen molar-refractivity contribution in [3.63, 3.8) is 0 Å². The maximum atomic E-state index is 11.7. The predicted octanol–water partition coefficient (Wildman–Crippen LogP) is 1.93. The van der Waals surface area contributed by atoms with Crippen LogP contribution in [-0.2, 0) is 9.53 Å². The molecule has 0 aliphatic heterocycles. The van der Waals surface area contributed by atoms with Crippen molar-refractivity contribution in [3.05, 3.63) is 0 Å². The van der Waals surface area contributed by atoms with Gasteiger partial charge >= 0.3 is 0 Å². The number of nitrogens with one attached hydrogen (secondary N) is 1. The molecule has 0 saturated carbocycles. The zero-order valence-corrected chi connectivity index (χ0v) is 12.8. The lowest BCUT2D eigenvalue weighted by Gasteiger charge is -2.28. The Morgan fingerprint density at radius 2 is 1.67 bits per heavy atom. The Kier molecular flexibility index (Phi) is 6.86. The Morgan fingerprint density at radius 1 is 1.17 bits per heavy atom. The second-order valence-electron chi connectivity index (χ2n) is 6.92. The van der Waals surface area contributed by atoms with Gasteiger partial charge in [0, 0.05) is 17.9 Å². The first-order chi connectivity index (χ1) is 8.08. The maximum absolute atomic E-state index is 11.7. The lowest BCUT2D eigenvalue weighted by molar-refractivity contribution is -0.124. The minimum Gasteiger partial charge on any atom is -0.380 e. The molecule has 1 amide bonds. The predicted molar refractivity (Wildman–Crippen MR) is 75.3 cm³/mol. The van der Waals surface area contributed by atoms with E-state index < -0.39 is 0 Å². The van der Waals surface area contributed by atoms with E-state index in [4.69, 9.17) is 10.5 Å². The molecule has 18 heavy (non-hydrogen) atoms. The maximum Gasteiger partial charge on any atom is 0.220 e. The van der Waals surface area contributed by atoms with Crippen molar-refractivity contribution in [1.82, 2.24) is 5.32 Å². The molecule has 0 rings (SSSR count). The molecule has 0 aliphatic carbocycles. The molecule has 4 nitrogen and oxygen atoms in total. The second-order valence-corrected chi connectivity index (χ2v) is 6.92. The highest BCUT2D eigenvalue weighted by atomic mass is 16.5. The third kappa shape index (κ3) is 8.48. The fourth-order valence-electron chi connectivity index (χ4n) is 1.52. The first-order valence-corrected chi connectivity index (χ1v) is 6.65. The average molecular weight is 258 g/mol. The van der Waals surface area contributed by atoms with Crippen LogP contribution in [0.2, 0.25) is 0 Å². The van der Waals surface area contributed by atoms with Crippen LogP contribution < -0.4 is 11.1 Å². The van der Waals surface area contributed by atoms with Crippen LogP contribution in [0.4, 0.5) is 0 Å². The number of hydrogen-bond acceptors (Lipinski definition) is 3. The van der Waals surface area contributed by atoms with Gasteiger partial charge in [-0.3, -0.25) is 4.79 Å². The van der Waals surface area contributed by atoms with Crippen molar-refractivity contribution in [2.45, 2.75) is 54.0 Å². The van der Waals surface area contributed by atoms with E-state index >= 15 is 0 Å². The van der Waals surface area contributed by atoms with Gasteiger partial charge in [0.15, 0.2) is 0 Å². The summed E-state index contributed by atoms with van der Waals surface area (Å²) >= 11 is 0. The van der Waals surface area contributed by atoms with Crippen molar-refractivity contribution < 1.29 is 9.53 Å². The zero-order valence-electron chi connectivity index (χ0n) is 12.8. The van der Waals surface area contributed by atoms with Gasteiger partial charge in [-0.25, -0.2) is 0 Å². The van der Waals surface area contributed by atoms with Crippen molar-refractivity contribution >= 4 is 5.91 Å². The number of nitrogens with two attached hydrogens (primary N) is 1. The number of carbonyl (C=O) groups excluding carboxylic acids is 1. The van der Waals surface area contributed by atoms with Gasteiger partial charge in [0.1, 0.15) is 0 Å². The third-order valence-electron chi connectivity index (χ3n) is 2.63. The van der Waals surface area contributed by atoms with Crippen molar-refractivity contribution in [1.29, 1.82) is 0 Å². The smallest absolute Gasteiger partial charge is 0.220 e. The van der Waals surface area contributed by atoms with Crippen LogP contribution >= 0.6 is 0 Å². The molecule has 0 spiro atoms. The fraction of sp³-hybridized carbons (Fsp3) is 0.929. The number of amides is 1. The highest BCUT2D eigenvalue weighted by molar-refractivity contribution is 5.76. The Labute approximate surface area is 112 Å². The number of rotatable bonds is 8. The highest BCUT2D eigenvalue weighted by Crippen LogP contribution is 2.22. The molecule has 0 heterocycles. The summed E-state index contributed by atoms with van der Waals surface area (Å²) in [4.78, 5) is 11.7. The molecule has 0 aromatic heterocycles. The molecule has 4 heteroatoms. The van der Waals surface area contributed by atoms with Gasteiger partial charge in [-0.15, -0.1) is 0 Å². The summed E-state index contributed by atoms with van der Waals surface area (Å²) < 4.78 is 5.70.